The molecule has 0 aromatic carbocycles. The van der Waals surface area contributed by atoms with Crippen molar-refractivity contribution in [1.82, 2.24) is 10.3 Å². The standard InChI is InChI=1S/C11H14N2O3/c14-11(10-8-15-5-6-16-10)13-7-9-1-3-12-4-2-9/h1-4,10H,5-8H2,(H,13,14)/t10-/m1/s1. The Bertz CT molecular complexity index is 336. The maximum Gasteiger partial charge on any atom is 0.251 e. The zero-order valence-electron chi connectivity index (χ0n) is 8.89. The third-order valence-electron chi connectivity index (χ3n) is 2.32. The van der Waals surface area contributed by atoms with Crippen molar-refractivity contribution in [2.24, 2.45) is 0 Å². The van der Waals surface area contributed by atoms with E-state index in [0.717, 1.165) is 5.56 Å². The first-order valence-corrected chi connectivity index (χ1v) is 5.22. The van der Waals surface area contributed by atoms with Crippen molar-refractivity contribution in [2.45, 2.75) is 12.6 Å². The highest BCUT2D eigenvalue weighted by molar-refractivity contribution is 5.80. The van der Waals surface area contributed by atoms with Crippen LogP contribution in [0.3, 0.4) is 0 Å². The fourth-order valence-electron chi connectivity index (χ4n) is 1.44. The van der Waals surface area contributed by atoms with Crippen LogP contribution in [0.2, 0.25) is 0 Å². The number of hydrogen-bond donors (Lipinski definition) is 1. The van der Waals surface area contributed by atoms with Gasteiger partial charge >= 0.3 is 0 Å². The second-order valence-electron chi connectivity index (χ2n) is 3.51. The molecule has 1 fully saturated rings. The van der Waals surface area contributed by atoms with Crippen LogP contribution in [-0.4, -0.2) is 36.8 Å². The lowest BCUT2D eigenvalue weighted by atomic mass is 10.2. The lowest BCUT2D eigenvalue weighted by molar-refractivity contribution is -0.147. The van der Waals surface area contributed by atoms with Crippen LogP contribution >= 0.6 is 0 Å². The molecule has 0 spiro atoms. The van der Waals surface area contributed by atoms with E-state index in [1.54, 1.807) is 12.4 Å². The predicted octanol–water partition coefficient (Wildman–Crippen LogP) is 0.113. The molecule has 5 heteroatoms. The van der Waals surface area contributed by atoms with Gasteiger partial charge in [-0.1, -0.05) is 0 Å². The van der Waals surface area contributed by atoms with Crippen molar-refractivity contribution < 1.29 is 14.3 Å². The molecule has 1 aromatic heterocycles. The van der Waals surface area contributed by atoms with Gasteiger partial charge < -0.3 is 14.8 Å². The van der Waals surface area contributed by atoms with Crippen LogP contribution in [0.15, 0.2) is 24.5 Å². The number of ether oxygens (including phenoxy) is 2. The SMILES string of the molecule is O=C(NCc1ccncc1)[C@H]1COCCO1. The molecule has 2 heterocycles. The average molecular weight is 222 g/mol. The van der Waals surface area contributed by atoms with Gasteiger partial charge in [0.2, 0.25) is 0 Å². The van der Waals surface area contributed by atoms with Gasteiger partial charge in [0.1, 0.15) is 0 Å². The number of pyridine rings is 1. The Kier molecular flexibility index (Phi) is 3.85. The van der Waals surface area contributed by atoms with Gasteiger partial charge in [-0.15, -0.1) is 0 Å². The molecular weight excluding hydrogens is 208 g/mol. The number of nitrogens with zero attached hydrogens (tertiary/aromatic N) is 1. The van der Waals surface area contributed by atoms with Gasteiger partial charge in [-0.3, -0.25) is 9.78 Å². The lowest BCUT2D eigenvalue weighted by Crippen LogP contribution is -2.42. The number of nitrogens with one attached hydrogen (secondary N) is 1. The number of rotatable bonds is 3. The van der Waals surface area contributed by atoms with E-state index in [0.29, 0.717) is 26.4 Å². The number of hydrogen-bond acceptors (Lipinski definition) is 4. The fourth-order valence-corrected chi connectivity index (χ4v) is 1.44. The number of aromatic nitrogens is 1. The molecule has 1 aliphatic rings. The van der Waals surface area contributed by atoms with Gasteiger partial charge in [0, 0.05) is 18.9 Å². The van der Waals surface area contributed by atoms with Crippen molar-refractivity contribution >= 4 is 5.91 Å². The molecule has 1 atom stereocenters. The molecule has 1 aromatic rings. The Labute approximate surface area is 93.8 Å². The summed E-state index contributed by atoms with van der Waals surface area (Å²) >= 11 is 0. The second kappa shape index (κ2) is 5.58. The molecule has 0 radical (unpaired) electrons. The van der Waals surface area contributed by atoms with Crippen LogP contribution in [0.25, 0.3) is 0 Å². The number of amides is 1. The van der Waals surface area contributed by atoms with Crippen molar-refractivity contribution in [3.63, 3.8) is 0 Å². The van der Waals surface area contributed by atoms with Crippen LogP contribution in [-0.2, 0) is 20.8 Å². The molecule has 0 saturated carbocycles. The highest BCUT2D eigenvalue weighted by atomic mass is 16.6. The van der Waals surface area contributed by atoms with Crippen LogP contribution < -0.4 is 5.32 Å². The van der Waals surface area contributed by atoms with Gasteiger partial charge in [0.05, 0.1) is 19.8 Å². The molecule has 86 valence electrons. The minimum absolute atomic E-state index is 0.128. The summed E-state index contributed by atoms with van der Waals surface area (Å²) in [5, 5.41) is 2.80. The van der Waals surface area contributed by atoms with Gasteiger partial charge in [-0.05, 0) is 17.7 Å². The Balaban J connectivity index is 1.79. The molecule has 0 bridgehead atoms. The van der Waals surface area contributed by atoms with Gasteiger partial charge in [0.15, 0.2) is 6.10 Å². The van der Waals surface area contributed by atoms with Crippen molar-refractivity contribution in [3.8, 4) is 0 Å². The quantitative estimate of drug-likeness (QED) is 0.788. The summed E-state index contributed by atoms with van der Waals surface area (Å²) in [7, 11) is 0. The first-order valence-electron chi connectivity index (χ1n) is 5.22. The summed E-state index contributed by atoms with van der Waals surface area (Å²) in [4.78, 5) is 15.5. The van der Waals surface area contributed by atoms with Gasteiger partial charge in [-0.25, -0.2) is 0 Å². The third kappa shape index (κ3) is 3.01. The first kappa shape index (κ1) is 11.0. The molecule has 0 unspecified atom stereocenters. The summed E-state index contributed by atoms with van der Waals surface area (Å²) in [5.74, 6) is -0.128. The first-order chi connectivity index (χ1) is 7.86. The molecule has 16 heavy (non-hydrogen) atoms. The van der Waals surface area contributed by atoms with Gasteiger partial charge in [-0.2, -0.15) is 0 Å². The number of carbonyl (C=O) groups is 1. The normalized spacial score (nSPS) is 20.4. The van der Waals surface area contributed by atoms with Crippen LogP contribution in [0, 0.1) is 0 Å². The highest BCUT2D eigenvalue weighted by Gasteiger charge is 2.21. The molecule has 1 saturated heterocycles. The highest BCUT2D eigenvalue weighted by Crippen LogP contribution is 2.01. The minimum Gasteiger partial charge on any atom is -0.376 e. The van der Waals surface area contributed by atoms with E-state index in [2.05, 4.69) is 10.3 Å². The summed E-state index contributed by atoms with van der Waals surface area (Å²) < 4.78 is 10.4. The monoisotopic (exact) mass is 222 g/mol. The van der Waals surface area contributed by atoms with Crippen molar-refractivity contribution in [3.05, 3.63) is 30.1 Å². The molecular formula is C11H14N2O3. The minimum atomic E-state index is -0.476. The summed E-state index contributed by atoms with van der Waals surface area (Å²) in [6.07, 6.45) is 2.92. The van der Waals surface area contributed by atoms with Crippen LogP contribution in [0.4, 0.5) is 0 Å². The summed E-state index contributed by atoms with van der Waals surface area (Å²) in [6.45, 7) is 1.87. The molecule has 1 N–H and O–H groups in total. The molecule has 1 amide bonds. The lowest BCUT2D eigenvalue weighted by Gasteiger charge is -2.21. The zero-order valence-corrected chi connectivity index (χ0v) is 8.89. The fraction of sp³-hybridized carbons (Fsp3) is 0.455. The van der Waals surface area contributed by atoms with E-state index >= 15 is 0 Å². The largest absolute Gasteiger partial charge is 0.376 e. The van der Waals surface area contributed by atoms with Crippen LogP contribution in [0.5, 0.6) is 0 Å². The molecule has 0 aliphatic carbocycles. The maximum absolute atomic E-state index is 11.6. The van der Waals surface area contributed by atoms with Crippen molar-refractivity contribution in [1.29, 1.82) is 0 Å². The van der Waals surface area contributed by atoms with Gasteiger partial charge in [0.25, 0.3) is 5.91 Å². The van der Waals surface area contributed by atoms with E-state index in [1.807, 2.05) is 12.1 Å². The Morgan fingerprint density at radius 1 is 1.44 bits per heavy atom. The molecule has 2 rings (SSSR count). The maximum atomic E-state index is 11.6. The molecule has 5 nitrogen and oxygen atoms in total. The summed E-state index contributed by atoms with van der Waals surface area (Å²) in [5.41, 5.74) is 1.01. The van der Waals surface area contributed by atoms with Crippen molar-refractivity contribution in [2.75, 3.05) is 19.8 Å². The van der Waals surface area contributed by atoms with E-state index < -0.39 is 6.10 Å². The topological polar surface area (TPSA) is 60.5 Å². The Morgan fingerprint density at radius 2 is 2.25 bits per heavy atom. The second-order valence-corrected chi connectivity index (χ2v) is 3.51. The molecule has 1 aliphatic heterocycles. The predicted molar refractivity (Wildman–Crippen MR) is 56.6 cm³/mol. The number of carbonyl (C=O) groups excluding carboxylic acids is 1. The summed E-state index contributed by atoms with van der Waals surface area (Å²) in [6, 6.07) is 3.72. The third-order valence-corrected chi connectivity index (χ3v) is 2.32. The zero-order chi connectivity index (χ0) is 11.2. The smallest absolute Gasteiger partial charge is 0.251 e. The Morgan fingerprint density at radius 3 is 2.94 bits per heavy atom. The van der Waals surface area contributed by atoms with E-state index in [1.165, 1.54) is 0 Å². The van der Waals surface area contributed by atoms with E-state index in [9.17, 15) is 4.79 Å². The van der Waals surface area contributed by atoms with Crippen LogP contribution in [0.1, 0.15) is 5.56 Å². The van der Waals surface area contributed by atoms with E-state index in [-0.39, 0.29) is 5.91 Å². The Hall–Kier alpha value is -1.46. The van der Waals surface area contributed by atoms with E-state index in [4.69, 9.17) is 9.47 Å². The average Bonchev–Trinajstić information content (AvgIpc) is 2.38.